The van der Waals surface area contributed by atoms with Gasteiger partial charge in [0.25, 0.3) is 0 Å². The van der Waals surface area contributed by atoms with Gasteiger partial charge >= 0.3 is 0 Å². The van der Waals surface area contributed by atoms with E-state index < -0.39 is 0 Å². The zero-order valence-electron chi connectivity index (χ0n) is 9.73. The Kier molecular flexibility index (Phi) is 3.66. The summed E-state index contributed by atoms with van der Waals surface area (Å²) >= 11 is 3.56. The van der Waals surface area contributed by atoms with Crippen LogP contribution in [0.4, 0.5) is 0 Å². The third kappa shape index (κ3) is 2.47. The summed E-state index contributed by atoms with van der Waals surface area (Å²) in [5.41, 5.74) is 1.22. The van der Waals surface area contributed by atoms with Crippen molar-refractivity contribution in [1.29, 1.82) is 0 Å². The standard InChI is InChI=1S/C13H15NS2/c1-9(2)12-8-14-13(16-12)10-4-6-11(15-3)7-5-10/h4-9H,1-3H3. The molecule has 0 aliphatic heterocycles. The van der Waals surface area contributed by atoms with Crippen molar-refractivity contribution in [2.24, 2.45) is 0 Å². The molecule has 0 saturated carbocycles. The highest BCUT2D eigenvalue weighted by molar-refractivity contribution is 7.98. The van der Waals surface area contributed by atoms with E-state index in [1.807, 2.05) is 6.20 Å². The molecule has 0 unspecified atom stereocenters. The summed E-state index contributed by atoms with van der Waals surface area (Å²) in [6.07, 6.45) is 4.09. The highest BCUT2D eigenvalue weighted by atomic mass is 32.2. The van der Waals surface area contributed by atoms with E-state index in [1.54, 1.807) is 23.1 Å². The Labute approximate surface area is 105 Å². The van der Waals surface area contributed by atoms with Crippen molar-refractivity contribution in [2.75, 3.05) is 6.26 Å². The maximum Gasteiger partial charge on any atom is 0.123 e. The van der Waals surface area contributed by atoms with Crippen LogP contribution in [0.5, 0.6) is 0 Å². The molecule has 0 fully saturated rings. The predicted octanol–water partition coefficient (Wildman–Crippen LogP) is 4.66. The van der Waals surface area contributed by atoms with E-state index >= 15 is 0 Å². The number of nitrogens with zero attached hydrogens (tertiary/aromatic N) is 1. The molecule has 0 aliphatic rings. The number of aromatic nitrogens is 1. The highest BCUT2D eigenvalue weighted by Gasteiger charge is 2.07. The van der Waals surface area contributed by atoms with E-state index in [1.165, 1.54) is 15.3 Å². The first-order valence-electron chi connectivity index (χ1n) is 5.31. The monoisotopic (exact) mass is 249 g/mol. The van der Waals surface area contributed by atoms with Crippen molar-refractivity contribution in [2.45, 2.75) is 24.7 Å². The molecule has 3 heteroatoms. The largest absolute Gasteiger partial charge is 0.244 e. The minimum absolute atomic E-state index is 0.566. The second kappa shape index (κ2) is 5.02. The fourth-order valence-corrected chi connectivity index (χ4v) is 2.75. The Bertz CT molecular complexity index is 457. The number of thioether (sulfide) groups is 1. The minimum atomic E-state index is 0.566. The zero-order valence-corrected chi connectivity index (χ0v) is 11.4. The molecule has 0 saturated heterocycles. The Balaban J connectivity index is 2.28. The van der Waals surface area contributed by atoms with Crippen molar-refractivity contribution in [3.05, 3.63) is 35.3 Å². The molecule has 16 heavy (non-hydrogen) atoms. The van der Waals surface area contributed by atoms with Gasteiger partial charge < -0.3 is 0 Å². The summed E-state index contributed by atoms with van der Waals surface area (Å²) in [7, 11) is 0. The molecule has 1 nitrogen and oxygen atoms in total. The number of rotatable bonds is 3. The summed E-state index contributed by atoms with van der Waals surface area (Å²) in [4.78, 5) is 7.12. The van der Waals surface area contributed by atoms with Gasteiger partial charge in [-0.1, -0.05) is 26.0 Å². The van der Waals surface area contributed by atoms with Gasteiger partial charge in [0.1, 0.15) is 5.01 Å². The van der Waals surface area contributed by atoms with Crippen LogP contribution in [-0.4, -0.2) is 11.2 Å². The van der Waals surface area contributed by atoms with Gasteiger partial charge in [-0.2, -0.15) is 0 Å². The number of thiazole rings is 1. The Morgan fingerprint density at radius 2 is 1.88 bits per heavy atom. The van der Waals surface area contributed by atoms with E-state index in [-0.39, 0.29) is 0 Å². The fourth-order valence-electron chi connectivity index (χ4n) is 1.42. The van der Waals surface area contributed by atoms with Crippen molar-refractivity contribution < 1.29 is 0 Å². The van der Waals surface area contributed by atoms with Crippen molar-refractivity contribution in [1.82, 2.24) is 4.98 Å². The Hall–Kier alpha value is -0.800. The SMILES string of the molecule is CSc1ccc(-c2ncc(C(C)C)s2)cc1. The molecule has 2 aromatic rings. The van der Waals surface area contributed by atoms with E-state index in [4.69, 9.17) is 0 Å². The van der Waals surface area contributed by atoms with E-state index in [0.717, 1.165) is 5.01 Å². The second-order valence-electron chi connectivity index (χ2n) is 3.95. The minimum Gasteiger partial charge on any atom is -0.244 e. The van der Waals surface area contributed by atoms with Crippen molar-refractivity contribution >= 4 is 23.1 Å². The molecular formula is C13H15NS2. The summed E-state index contributed by atoms with van der Waals surface area (Å²) in [5, 5.41) is 1.12. The summed E-state index contributed by atoms with van der Waals surface area (Å²) in [5.74, 6) is 0.566. The lowest BCUT2D eigenvalue weighted by Crippen LogP contribution is -1.77. The van der Waals surface area contributed by atoms with Gasteiger partial charge in [0.15, 0.2) is 0 Å². The summed E-state index contributed by atoms with van der Waals surface area (Å²) in [6.45, 7) is 4.40. The predicted molar refractivity (Wildman–Crippen MR) is 73.4 cm³/mol. The van der Waals surface area contributed by atoms with Crippen molar-refractivity contribution in [3.8, 4) is 10.6 Å². The smallest absolute Gasteiger partial charge is 0.123 e. The van der Waals surface area contributed by atoms with E-state index in [9.17, 15) is 0 Å². The molecule has 0 spiro atoms. The third-order valence-corrected chi connectivity index (χ3v) is 4.52. The lowest BCUT2D eigenvalue weighted by molar-refractivity contribution is 0.885. The third-order valence-electron chi connectivity index (χ3n) is 2.43. The van der Waals surface area contributed by atoms with Crippen LogP contribution in [0, 0.1) is 0 Å². The maximum absolute atomic E-state index is 4.47. The second-order valence-corrected chi connectivity index (χ2v) is 5.89. The number of benzene rings is 1. The average Bonchev–Trinajstić information content (AvgIpc) is 2.78. The normalized spacial score (nSPS) is 11.0. The summed E-state index contributed by atoms with van der Waals surface area (Å²) in [6, 6.07) is 8.59. The molecule has 0 aliphatic carbocycles. The summed E-state index contributed by atoms with van der Waals surface area (Å²) < 4.78 is 0. The highest BCUT2D eigenvalue weighted by Crippen LogP contribution is 2.30. The van der Waals surface area contributed by atoms with Crippen LogP contribution in [0.1, 0.15) is 24.6 Å². The molecule has 1 heterocycles. The van der Waals surface area contributed by atoms with E-state index in [0.29, 0.717) is 5.92 Å². The van der Waals surface area contributed by atoms with Crippen LogP contribution in [-0.2, 0) is 0 Å². The van der Waals surface area contributed by atoms with Gasteiger partial charge in [-0.05, 0) is 24.3 Å². The molecular weight excluding hydrogens is 234 g/mol. The number of hydrogen-bond acceptors (Lipinski definition) is 3. The molecule has 1 aromatic carbocycles. The van der Waals surface area contributed by atoms with Gasteiger partial charge in [0, 0.05) is 21.5 Å². The molecule has 84 valence electrons. The van der Waals surface area contributed by atoms with Crippen LogP contribution < -0.4 is 0 Å². The molecule has 0 amide bonds. The number of hydrogen-bond donors (Lipinski definition) is 0. The first kappa shape index (κ1) is 11.7. The van der Waals surface area contributed by atoms with Gasteiger partial charge in [-0.15, -0.1) is 23.1 Å². The lowest BCUT2D eigenvalue weighted by Gasteiger charge is -1.99. The quantitative estimate of drug-likeness (QED) is 0.734. The zero-order chi connectivity index (χ0) is 11.5. The molecule has 2 rings (SSSR count). The fraction of sp³-hybridized carbons (Fsp3) is 0.308. The van der Waals surface area contributed by atoms with Crippen LogP contribution in [0.3, 0.4) is 0 Å². The molecule has 0 N–H and O–H groups in total. The first-order valence-corrected chi connectivity index (χ1v) is 7.35. The van der Waals surface area contributed by atoms with Gasteiger partial charge in [-0.3, -0.25) is 0 Å². The van der Waals surface area contributed by atoms with Gasteiger partial charge in [0.2, 0.25) is 0 Å². The molecule has 0 radical (unpaired) electrons. The van der Waals surface area contributed by atoms with Crippen LogP contribution >= 0.6 is 23.1 Å². The van der Waals surface area contributed by atoms with Crippen LogP contribution in [0.25, 0.3) is 10.6 Å². The van der Waals surface area contributed by atoms with Gasteiger partial charge in [0.05, 0.1) is 0 Å². The Morgan fingerprint density at radius 1 is 1.19 bits per heavy atom. The van der Waals surface area contributed by atoms with E-state index in [2.05, 4.69) is 49.4 Å². The molecule has 0 atom stereocenters. The first-order chi connectivity index (χ1) is 7.70. The lowest BCUT2D eigenvalue weighted by atomic mass is 10.2. The van der Waals surface area contributed by atoms with Crippen LogP contribution in [0.2, 0.25) is 0 Å². The maximum atomic E-state index is 4.47. The Morgan fingerprint density at radius 3 is 2.38 bits per heavy atom. The van der Waals surface area contributed by atoms with Gasteiger partial charge in [-0.25, -0.2) is 4.98 Å². The van der Waals surface area contributed by atoms with Crippen LogP contribution in [0.15, 0.2) is 35.4 Å². The molecule has 1 aromatic heterocycles. The molecule has 0 bridgehead atoms. The average molecular weight is 249 g/mol. The topological polar surface area (TPSA) is 12.9 Å². The van der Waals surface area contributed by atoms with Crippen molar-refractivity contribution in [3.63, 3.8) is 0 Å².